The topological polar surface area (TPSA) is 25.8 Å². The summed E-state index contributed by atoms with van der Waals surface area (Å²) in [6.45, 7) is 4.30. The highest BCUT2D eigenvalue weighted by molar-refractivity contribution is 5.29. The van der Waals surface area contributed by atoms with E-state index in [0.29, 0.717) is 11.8 Å². The summed E-state index contributed by atoms with van der Waals surface area (Å²) < 4.78 is 0. The van der Waals surface area contributed by atoms with Crippen molar-refractivity contribution in [1.29, 1.82) is 0 Å². The number of hydrogen-bond acceptors (Lipinski definition) is 2. The Kier molecular flexibility index (Phi) is 3.81. The van der Waals surface area contributed by atoms with Crippen molar-refractivity contribution in [2.75, 3.05) is 0 Å². The van der Waals surface area contributed by atoms with Crippen LogP contribution in [0, 0.1) is 0 Å². The minimum atomic E-state index is 0.580. The van der Waals surface area contributed by atoms with Crippen LogP contribution in [0.2, 0.25) is 0 Å². The van der Waals surface area contributed by atoms with Gasteiger partial charge >= 0.3 is 0 Å². The van der Waals surface area contributed by atoms with E-state index in [1.807, 2.05) is 0 Å². The van der Waals surface area contributed by atoms with Gasteiger partial charge in [0.05, 0.1) is 0 Å². The fourth-order valence-electron chi connectivity index (χ4n) is 3.06. The molecule has 0 saturated heterocycles. The number of rotatable bonds is 4. The van der Waals surface area contributed by atoms with Gasteiger partial charge in [0.15, 0.2) is 0 Å². The maximum Gasteiger partial charge on any atom is 0.128 e. The van der Waals surface area contributed by atoms with Crippen molar-refractivity contribution in [3.05, 3.63) is 59.2 Å². The largest absolute Gasteiger partial charge is 0.238 e. The highest BCUT2D eigenvalue weighted by atomic mass is 14.9. The van der Waals surface area contributed by atoms with E-state index in [4.69, 9.17) is 4.98 Å². The molecule has 1 aromatic heterocycles. The molecule has 1 heterocycles. The smallest absolute Gasteiger partial charge is 0.128 e. The van der Waals surface area contributed by atoms with E-state index in [1.54, 1.807) is 0 Å². The molecule has 0 N–H and O–H groups in total. The first-order chi connectivity index (χ1) is 9.81. The lowest BCUT2D eigenvalue weighted by Gasteiger charge is -2.37. The Bertz CT molecular complexity index is 555. The van der Waals surface area contributed by atoms with Gasteiger partial charge < -0.3 is 0 Å². The molecule has 2 aromatic rings. The van der Waals surface area contributed by atoms with Crippen LogP contribution in [0.5, 0.6) is 0 Å². The molecule has 2 atom stereocenters. The summed E-state index contributed by atoms with van der Waals surface area (Å²) in [5.41, 5.74) is 3.90. The monoisotopic (exact) mass is 266 g/mol. The van der Waals surface area contributed by atoms with E-state index in [9.17, 15) is 0 Å². The van der Waals surface area contributed by atoms with E-state index in [1.165, 1.54) is 29.8 Å². The van der Waals surface area contributed by atoms with Crippen LogP contribution in [0.3, 0.4) is 0 Å². The average Bonchev–Trinajstić information content (AvgIpc) is 2.46. The summed E-state index contributed by atoms with van der Waals surface area (Å²) in [5, 5.41) is 0. The molecule has 0 amide bonds. The molecule has 0 aliphatic heterocycles. The molecule has 0 spiro atoms. The maximum atomic E-state index is 4.79. The molecular weight excluding hydrogens is 244 g/mol. The van der Waals surface area contributed by atoms with E-state index in [2.05, 4.69) is 55.2 Å². The van der Waals surface area contributed by atoms with Gasteiger partial charge in [0.1, 0.15) is 5.82 Å². The molecular formula is C18H22N2. The Balaban J connectivity index is 1.89. The summed E-state index contributed by atoms with van der Waals surface area (Å²) in [5.74, 6) is 2.22. The van der Waals surface area contributed by atoms with Gasteiger partial charge in [-0.3, -0.25) is 0 Å². The molecule has 1 fully saturated rings. The molecule has 20 heavy (non-hydrogen) atoms. The van der Waals surface area contributed by atoms with Gasteiger partial charge in [-0.05, 0) is 36.8 Å². The zero-order valence-electron chi connectivity index (χ0n) is 12.3. The summed E-state index contributed by atoms with van der Waals surface area (Å²) in [6, 6.07) is 13.1. The van der Waals surface area contributed by atoms with Crippen molar-refractivity contribution in [2.45, 2.75) is 51.4 Å². The second kappa shape index (κ2) is 5.74. The molecule has 2 unspecified atom stereocenters. The summed E-state index contributed by atoms with van der Waals surface area (Å²) in [7, 11) is 0. The lowest BCUT2D eigenvalue weighted by Crippen LogP contribution is -2.23. The van der Waals surface area contributed by atoms with E-state index < -0.39 is 0 Å². The highest BCUT2D eigenvalue weighted by Gasteiger charge is 2.34. The molecule has 2 heteroatoms. The normalized spacial score (nSPS) is 21.5. The maximum absolute atomic E-state index is 4.79. The zero-order chi connectivity index (χ0) is 13.9. The van der Waals surface area contributed by atoms with Crippen molar-refractivity contribution in [3.63, 3.8) is 0 Å². The van der Waals surface area contributed by atoms with Crippen LogP contribution in [-0.4, -0.2) is 9.97 Å². The van der Waals surface area contributed by atoms with Gasteiger partial charge in [-0.25, -0.2) is 9.97 Å². The SMILES string of the molecule is CCc1cc(C2CCC2c2ccccc2)nc(CC)n1. The van der Waals surface area contributed by atoms with Crippen LogP contribution in [0.1, 0.15) is 61.3 Å². The van der Waals surface area contributed by atoms with Crippen molar-refractivity contribution in [1.82, 2.24) is 9.97 Å². The fourth-order valence-corrected chi connectivity index (χ4v) is 3.06. The van der Waals surface area contributed by atoms with Gasteiger partial charge in [-0.2, -0.15) is 0 Å². The third-order valence-corrected chi connectivity index (χ3v) is 4.41. The van der Waals surface area contributed by atoms with Crippen molar-refractivity contribution >= 4 is 0 Å². The molecule has 0 radical (unpaired) electrons. The van der Waals surface area contributed by atoms with Crippen LogP contribution in [0.4, 0.5) is 0 Å². The second-order valence-electron chi connectivity index (χ2n) is 5.61. The molecule has 1 saturated carbocycles. The number of aryl methyl sites for hydroxylation is 2. The van der Waals surface area contributed by atoms with Crippen molar-refractivity contribution in [3.8, 4) is 0 Å². The minimum Gasteiger partial charge on any atom is -0.238 e. The molecule has 1 aliphatic rings. The number of hydrogen-bond donors (Lipinski definition) is 0. The third kappa shape index (κ3) is 2.47. The van der Waals surface area contributed by atoms with Gasteiger partial charge in [0, 0.05) is 23.7 Å². The van der Waals surface area contributed by atoms with E-state index in [0.717, 1.165) is 18.7 Å². The molecule has 2 nitrogen and oxygen atoms in total. The van der Waals surface area contributed by atoms with Gasteiger partial charge in [-0.15, -0.1) is 0 Å². The predicted molar refractivity (Wildman–Crippen MR) is 81.9 cm³/mol. The average molecular weight is 266 g/mol. The molecule has 1 aliphatic carbocycles. The molecule has 0 bridgehead atoms. The van der Waals surface area contributed by atoms with E-state index >= 15 is 0 Å². The Labute approximate surface area is 121 Å². The first-order valence-corrected chi connectivity index (χ1v) is 7.73. The fraction of sp³-hybridized carbons (Fsp3) is 0.444. The second-order valence-corrected chi connectivity index (χ2v) is 5.61. The highest BCUT2D eigenvalue weighted by Crippen LogP contribution is 2.48. The number of aromatic nitrogens is 2. The predicted octanol–water partition coefficient (Wildman–Crippen LogP) is 4.26. The quantitative estimate of drug-likeness (QED) is 0.826. The Morgan fingerprint density at radius 2 is 1.70 bits per heavy atom. The summed E-state index contributed by atoms with van der Waals surface area (Å²) >= 11 is 0. The van der Waals surface area contributed by atoms with E-state index in [-0.39, 0.29) is 0 Å². The first kappa shape index (κ1) is 13.3. The summed E-state index contributed by atoms with van der Waals surface area (Å²) in [4.78, 5) is 9.38. The Morgan fingerprint density at radius 3 is 2.30 bits per heavy atom. The standard InChI is InChI=1S/C18H22N2/c1-3-14-12-17(20-18(4-2)19-14)16-11-10-15(16)13-8-6-5-7-9-13/h5-9,12,15-16H,3-4,10-11H2,1-2H3. The first-order valence-electron chi connectivity index (χ1n) is 7.73. The molecule has 1 aromatic carbocycles. The van der Waals surface area contributed by atoms with Gasteiger partial charge in [-0.1, -0.05) is 44.2 Å². The lowest BCUT2D eigenvalue weighted by molar-refractivity contribution is 0.338. The van der Waals surface area contributed by atoms with Crippen LogP contribution in [-0.2, 0) is 12.8 Å². The van der Waals surface area contributed by atoms with Crippen LogP contribution in [0.25, 0.3) is 0 Å². The van der Waals surface area contributed by atoms with Crippen LogP contribution >= 0.6 is 0 Å². The minimum absolute atomic E-state index is 0.580. The summed E-state index contributed by atoms with van der Waals surface area (Å²) in [6.07, 6.45) is 4.44. The van der Waals surface area contributed by atoms with Gasteiger partial charge in [0.2, 0.25) is 0 Å². The molecule has 3 rings (SSSR count). The van der Waals surface area contributed by atoms with Crippen LogP contribution in [0.15, 0.2) is 36.4 Å². The lowest BCUT2D eigenvalue weighted by atomic mass is 9.68. The Hall–Kier alpha value is -1.70. The third-order valence-electron chi connectivity index (χ3n) is 4.41. The zero-order valence-corrected chi connectivity index (χ0v) is 12.3. The molecule has 104 valence electrons. The number of nitrogens with zero attached hydrogens (tertiary/aromatic N) is 2. The Morgan fingerprint density at radius 1 is 0.950 bits per heavy atom. The number of benzene rings is 1. The van der Waals surface area contributed by atoms with Gasteiger partial charge in [0.25, 0.3) is 0 Å². The van der Waals surface area contributed by atoms with Crippen molar-refractivity contribution in [2.24, 2.45) is 0 Å². The van der Waals surface area contributed by atoms with Crippen molar-refractivity contribution < 1.29 is 0 Å². The van der Waals surface area contributed by atoms with Crippen LogP contribution < -0.4 is 0 Å².